The number of nitrogens with one attached hydrogen (secondary N) is 1. The van der Waals surface area contributed by atoms with E-state index in [1.807, 2.05) is 18.2 Å². The van der Waals surface area contributed by atoms with E-state index in [4.69, 9.17) is 11.6 Å². The summed E-state index contributed by atoms with van der Waals surface area (Å²) in [5, 5.41) is 1.38. The SMILES string of the molecule is O=c1[nH]ccc2c(-c3cccnc3)cnc(Cl)c12. The van der Waals surface area contributed by atoms with Crippen LogP contribution in [0, 0.1) is 0 Å². The molecular formula is C13H8ClN3O. The zero-order chi connectivity index (χ0) is 12.5. The van der Waals surface area contributed by atoms with E-state index in [1.54, 1.807) is 24.8 Å². The molecule has 0 aliphatic carbocycles. The molecule has 0 atom stereocenters. The molecule has 0 aromatic carbocycles. The predicted molar refractivity (Wildman–Crippen MR) is 70.6 cm³/mol. The van der Waals surface area contributed by atoms with Crippen molar-refractivity contribution in [1.29, 1.82) is 0 Å². The summed E-state index contributed by atoms with van der Waals surface area (Å²) in [6.07, 6.45) is 6.68. The molecule has 3 rings (SSSR count). The third-order valence-corrected chi connectivity index (χ3v) is 3.02. The molecule has 0 unspecified atom stereocenters. The standard InChI is InChI=1S/C13H8ClN3O/c14-12-11-9(3-5-16-13(11)18)10(7-17-12)8-2-1-4-15-6-8/h1-7H,(H,16,18). The van der Waals surface area contributed by atoms with E-state index in [-0.39, 0.29) is 10.7 Å². The number of fused-ring (bicyclic) bond motifs is 1. The van der Waals surface area contributed by atoms with E-state index in [2.05, 4.69) is 15.0 Å². The van der Waals surface area contributed by atoms with Gasteiger partial charge in [-0.15, -0.1) is 0 Å². The van der Waals surface area contributed by atoms with Crippen LogP contribution in [0.15, 0.2) is 47.8 Å². The summed E-state index contributed by atoms with van der Waals surface area (Å²) < 4.78 is 0. The van der Waals surface area contributed by atoms with Crippen LogP contribution < -0.4 is 5.56 Å². The number of halogens is 1. The lowest BCUT2D eigenvalue weighted by Gasteiger charge is -2.06. The van der Waals surface area contributed by atoms with E-state index in [0.29, 0.717) is 5.39 Å². The van der Waals surface area contributed by atoms with Gasteiger partial charge in [0.1, 0.15) is 5.15 Å². The van der Waals surface area contributed by atoms with Gasteiger partial charge < -0.3 is 4.98 Å². The molecule has 1 N–H and O–H groups in total. The Balaban J connectivity index is 2.43. The van der Waals surface area contributed by atoms with Crippen molar-refractivity contribution in [2.75, 3.05) is 0 Å². The molecule has 0 radical (unpaired) electrons. The minimum atomic E-state index is -0.240. The first-order valence-corrected chi connectivity index (χ1v) is 5.71. The number of hydrogen-bond donors (Lipinski definition) is 1. The lowest BCUT2D eigenvalue weighted by Crippen LogP contribution is -2.06. The van der Waals surface area contributed by atoms with Gasteiger partial charge in [-0.2, -0.15) is 0 Å². The smallest absolute Gasteiger partial charge is 0.258 e. The van der Waals surface area contributed by atoms with Crippen molar-refractivity contribution in [2.45, 2.75) is 0 Å². The highest BCUT2D eigenvalue weighted by molar-refractivity contribution is 6.34. The van der Waals surface area contributed by atoms with Crippen molar-refractivity contribution < 1.29 is 0 Å². The van der Waals surface area contributed by atoms with Gasteiger partial charge in [-0.1, -0.05) is 17.7 Å². The normalized spacial score (nSPS) is 10.7. The Bertz CT molecular complexity index is 768. The Morgan fingerprint density at radius 3 is 2.89 bits per heavy atom. The number of rotatable bonds is 1. The predicted octanol–water partition coefficient (Wildman–Crippen LogP) is 2.64. The van der Waals surface area contributed by atoms with Crippen LogP contribution in [0.2, 0.25) is 5.15 Å². The summed E-state index contributed by atoms with van der Waals surface area (Å²) in [7, 11) is 0. The van der Waals surface area contributed by atoms with Crippen molar-refractivity contribution in [3.8, 4) is 11.1 Å². The highest BCUT2D eigenvalue weighted by Crippen LogP contribution is 2.28. The van der Waals surface area contributed by atoms with Gasteiger partial charge in [-0.25, -0.2) is 4.98 Å². The fourth-order valence-electron chi connectivity index (χ4n) is 1.92. The summed E-state index contributed by atoms with van der Waals surface area (Å²) in [4.78, 5) is 22.5. The Kier molecular flexibility index (Phi) is 2.57. The van der Waals surface area contributed by atoms with Gasteiger partial charge in [0.05, 0.1) is 5.39 Å². The summed E-state index contributed by atoms with van der Waals surface area (Å²) in [6.45, 7) is 0. The lowest BCUT2D eigenvalue weighted by atomic mass is 10.0. The molecule has 0 aliphatic rings. The molecule has 18 heavy (non-hydrogen) atoms. The molecule has 0 bridgehead atoms. The van der Waals surface area contributed by atoms with Crippen LogP contribution in [0.3, 0.4) is 0 Å². The molecule has 4 nitrogen and oxygen atoms in total. The molecule has 0 saturated heterocycles. The van der Waals surface area contributed by atoms with Gasteiger partial charge >= 0.3 is 0 Å². The number of hydrogen-bond acceptors (Lipinski definition) is 3. The van der Waals surface area contributed by atoms with Crippen molar-refractivity contribution in [3.63, 3.8) is 0 Å². The minimum Gasteiger partial charge on any atom is -0.328 e. The molecule has 3 heterocycles. The molecule has 3 aromatic heterocycles. The largest absolute Gasteiger partial charge is 0.328 e. The van der Waals surface area contributed by atoms with Gasteiger partial charge in [-0.05, 0) is 12.1 Å². The number of pyridine rings is 3. The van der Waals surface area contributed by atoms with Gasteiger partial charge in [0.25, 0.3) is 5.56 Å². The van der Waals surface area contributed by atoms with E-state index in [0.717, 1.165) is 16.5 Å². The van der Waals surface area contributed by atoms with Crippen LogP contribution >= 0.6 is 11.6 Å². The van der Waals surface area contributed by atoms with E-state index < -0.39 is 0 Å². The van der Waals surface area contributed by atoms with Crippen molar-refractivity contribution >= 4 is 22.4 Å². The van der Waals surface area contributed by atoms with Crippen LogP contribution in [-0.4, -0.2) is 15.0 Å². The summed E-state index contributed by atoms with van der Waals surface area (Å²) in [5.41, 5.74) is 1.50. The fourth-order valence-corrected chi connectivity index (χ4v) is 2.15. The zero-order valence-electron chi connectivity index (χ0n) is 9.22. The second-order valence-corrected chi connectivity index (χ2v) is 4.16. The maximum atomic E-state index is 11.8. The molecular weight excluding hydrogens is 250 g/mol. The molecule has 0 aliphatic heterocycles. The summed E-state index contributed by atoms with van der Waals surface area (Å²) in [6, 6.07) is 5.56. The number of nitrogens with zero attached hydrogens (tertiary/aromatic N) is 2. The average molecular weight is 258 g/mol. The van der Waals surface area contributed by atoms with Crippen LogP contribution in [0.4, 0.5) is 0 Å². The third kappa shape index (κ3) is 1.67. The monoisotopic (exact) mass is 257 g/mol. The maximum absolute atomic E-state index is 11.8. The summed E-state index contributed by atoms with van der Waals surface area (Å²) in [5.74, 6) is 0. The number of aromatic amines is 1. The van der Waals surface area contributed by atoms with Gasteiger partial charge in [0, 0.05) is 41.3 Å². The van der Waals surface area contributed by atoms with Crippen molar-refractivity contribution in [3.05, 3.63) is 58.5 Å². The molecule has 0 fully saturated rings. The Labute approximate surface area is 107 Å². The van der Waals surface area contributed by atoms with E-state index in [9.17, 15) is 4.79 Å². The quantitative estimate of drug-likeness (QED) is 0.682. The first kappa shape index (κ1) is 10.9. The Morgan fingerprint density at radius 2 is 2.11 bits per heavy atom. The van der Waals surface area contributed by atoms with Crippen LogP contribution in [0.25, 0.3) is 21.9 Å². The van der Waals surface area contributed by atoms with E-state index in [1.165, 1.54) is 0 Å². The second kappa shape index (κ2) is 4.23. The maximum Gasteiger partial charge on any atom is 0.258 e. The highest BCUT2D eigenvalue weighted by Gasteiger charge is 2.10. The lowest BCUT2D eigenvalue weighted by molar-refractivity contribution is 1.25. The molecule has 88 valence electrons. The Hall–Kier alpha value is -2.20. The summed E-state index contributed by atoms with van der Waals surface area (Å²) >= 11 is 5.98. The third-order valence-electron chi connectivity index (χ3n) is 2.74. The van der Waals surface area contributed by atoms with E-state index >= 15 is 0 Å². The average Bonchev–Trinajstić information content (AvgIpc) is 2.40. The van der Waals surface area contributed by atoms with Crippen LogP contribution in [0.1, 0.15) is 0 Å². The molecule has 0 spiro atoms. The fraction of sp³-hybridized carbons (Fsp3) is 0. The molecule has 5 heteroatoms. The first-order chi connectivity index (χ1) is 8.77. The van der Waals surface area contributed by atoms with Gasteiger partial charge in [0.15, 0.2) is 0 Å². The van der Waals surface area contributed by atoms with Crippen molar-refractivity contribution in [2.24, 2.45) is 0 Å². The van der Waals surface area contributed by atoms with Crippen LogP contribution in [0.5, 0.6) is 0 Å². The second-order valence-electron chi connectivity index (χ2n) is 3.80. The zero-order valence-corrected chi connectivity index (χ0v) is 9.98. The van der Waals surface area contributed by atoms with Gasteiger partial charge in [-0.3, -0.25) is 9.78 Å². The minimum absolute atomic E-state index is 0.208. The highest BCUT2D eigenvalue weighted by atomic mass is 35.5. The Morgan fingerprint density at radius 1 is 1.22 bits per heavy atom. The van der Waals surface area contributed by atoms with Crippen LogP contribution in [-0.2, 0) is 0 Å². The molecule has 0 amide bonds. The molecule has 0 saturated carbocycles. The van der Waals surface area contributed by atoms with Gasteiger partial charge in [0.2, 0.25) is 0 Å². The molecule has 3 aromatic rings. The number of aromatic nitrogens is 3. The van der Waals surface area contributed by atoms with Crippen molar-refractivity contribution in [1.82, 2.24) is 15.0 Å². The number of H-pyrrole nitrogens is 1. The first-order valence-electron chi connectivity index (χ1n) is 5.33. The topological polar surface area (TPSA) is 58.6 Å².